The summed E-state index contributed by atoms with van der Waals surface area (Å²) < 4.78 is 8.97. The van der Waals surface area contributed by atoms with E-state index in [0.717, 1.165) is 26.6 Å². The zero-order chi connectivity index (χ0) is 21.2. The van der Waals surface area contributed by atoms with Gasteiger partial charge in [0.05, 0.1) is 22.5 Å². The van der Waals surface area contributed by atoms with Crippen molar-refractivity contribution in [3.8, 4) is 5.75 Å². The van der Waals surface area contributed by atoms with Crippen LogP contribution in [-0.2, 0) is 13.2 Å². The summed E-state index contributed by atoms with van der Waals surface area (Å²) in [7, 11) is 1.79. The maximum Gasteiger partial charge on any atom is 0.254 e. The molecule has 0 saturated carbocycles. The van der Waals surface area contributed by atoms with E-state index in [-0.39, 0.29) is 5.91 Å². The number of para-hydroxylation sites is 1. The Balaban J connectivity index is 1.26. The largest absolute Gasteiger partial charge is 0.487 e. The van der Waals surface area contributed by atoms with Crippen LogP contribution in [0.1, 0.15) is 21.1 Å². The van der Waals surface area contributed by atoms with Gasteiger partial charge < -0.3 is 14.0 Å². The number of benzene rings is 2. The first-order valence-corrected chi connectivity index (χ1v) is 10.7. The van der Waals surface area contributed by atoms with E-state index in [4.69, 9.17) is 4.74 Å². The SMILES string of the molecule is CN(Cc1nc2ccccc2s1)C(=O)c1cccc(OCc2cn3ccccc3n2)c1. The molecule has 1 amide bonds. The molecule has 3 aromatic heterocycles. The minimum Gasteiger partial charge on any atom is -0.487 e. The van der Waals surface area contributed by atoms with E-state index in [0.29, 0.717) is 24.5 Å². The van der Waals surface area contributed by atoms with E-state index < -0.39 is 0 Å². The lowest BCUT2D eigenvalue weighted by atomic mass is 10.2. The second kappa shape index (κ2) is 8.20. The summed E-state index contributed by atoms with van der Waals surface area (Å²) in [6, 6.07) is 21.1. The van der Waals surface area contributed by atoms with Crippen molar-refractivity contribution >= 4 is 33.1 Å². The van der Waals surface area contributed by atoms with E-state index in [1.54, 1.807) is 35.4 Å². The van der Waals surface area contributed by atoms with Crippen LogP contribution in [0.2, 0.25) is 0 Å². The summed E-state index contributed by atoms with van der Waals surface area (Å²) in [4.78, 5) is 23.8. The first-order chi connectivity index (χ1) is 15.2. The van der Waals surface area contributed by atoms with Crippen molar-refractivity contribution < 1.29 is 9.53 Å². The highest BCUT2D eigenvalue weighted by molar-refractivity contribution is 7.18. The van der Waals surface area contributed by atoms with Crippen molar-refractivity contribution in [1.29, 1.82) is 0 Å². The number of imidazole rings is 1. The van der Waals surface area contributed by atoms with Crippen LogP contribution >= 0.6 is 11.3 Å². The lowest BCUT2D eigenvalue weighted by Gasteiger charge is -2.16. The van der Waals surface area contributed by atoms with Crippen molar-refractivity contribution in [2.75, 3.05) is 7.05 Å². The third kappa shape index (κ3) is 4.13. The molecular formula is C24H20N4O2S. The number of hydrogen-bond acceptors (Lipinski definition) is 5. The lowest BCUT2D eigenvalue weighted by Crippen LogP contribution is -2.26. The van der Waals surface area contributed by atoms with Crippen LogP contribution in [0.15, 0.2) is 79.1 Å². The predicted octanol–water partition coefficient (Wildman–Crippen LogP) is 4.80. The third-order valence-corrected chi connectivity index (χ3v) is 5.96. The second-order valence-corrected chi connectivity index (χ2v) is 8.37. The predicted molar refractivity (Wildman–Crippen MR) is 121 cm³/mol. The Morgan fingerprint density at radius 1 is 1.06 bits per heavy atom. The summed E-state index contributed by atoms with van der Waals surface area (Å²) in [5.74, 6) is 0.564. The summed E-state index contributed by atoms with van der Waals surface area (Å²) in [6.45, 7) is 0.797. The van der Waals surface area contributed by atoms with Crippen molar-refractivity contribution in [3.63, 3.8) is 0 Å². The van der Waals surface area contributed by atoms with Gasteiger partial charge in [-0.05, 0) is 42.5 Å². The number of ether oxygens (including phenoxy) is 1. The summed E-state index contributed by atoms with van der Waals surface area (Å²) in [6.07, 6.45) is 3.89. The Labute approximate surface area is 183 Å². The van der Waals surface area contributed by atoms with E-state index in [1.807, 2.05) is 71.4 Å². The van der Waals surface area contributed by atoms with E-state index in [9.17, 15) is 4.79 Å². The molecular weight excluding hydrogens is 408 g/mol. The molecule has 0 aliphatic carbocycles. The van der Waals surface area contributed by atoms with Gasteiger partial charge in [0, 0.05) is 25.0 Å². The van der Waals surface area contributed by atoms with E-state index >= 15 is 0 Å². The van der Waals surface area contributed by atoms with Crippen molar-refractivity contribution in [2.24, 2.45) is 0 Å². The molecule has 0 aliphatic rings. The Morgan fingerprint density at radius 3 is 2.81 bits per heavy atom. The van der Waals surface area contributed by atoms with Crippen LogP contribution in [-0.4, -0.2) is 32.2 Å². The van der Waals surface area contributed by atoms with Gasteiger partial charge in [0.15, 0.2) is 0 Å². The maximum absolute atomic E-state index is 12.9. The van der Waals surface area contributed by atoms with Crippen LogP contribution in [0.3, 0.4) is 0 Å². The van der Waals surface area contributed by atoms with Crippen LogP contribution < -0.4 is 4.74 Å². The molecule has 31 heavy (non-hydrogen) atoms. The topological polar surface area (TPSA) is 59.7 Å². The smallest absolute Gasteiger partial charge is 0.254 e. The fourth-order valence-corrected chi connectivity index (χ4v) is 4.44. The first kappa shape index (κ1) is 19.3. The van der Waals surface area contributed by atoms with Crippen molar-refractivity contribution in [1.82, 2.24) is 19.3 Å². The maximum atomic E-state index is 12.9. The number of pyridine rings is 1. The molecule has 6 nitrogen and oxygen atoms in total. The number of rotatable bonds is 6. The van der Waals surface area contributed by atoms with Crippen molar-refractivity contribution in [3.05, 3.63) is 95.4 Å². The number of nitrogens with zero attached hydrogens (tertiary/aromatic N) is 4. The average Bonchev–Trinajstić information content (AvgIpc) is 3.40. The molecule has 0 radical (unpaired) electrons. The molecule has 0 fully saturated rings. The summed E-state index contributed by atoms with van der Waals surface area (Å²) in [5.41, 5.74) is 3.25. The molecule has 0 atom stereocenters. The van der Waals surface area contributed by atoms with Gasteiger partial charge in [0.2, 0.25) is 0 Å². The monoisotopic (exact) mass is 428 g/mol. The minimum absolute atomic E-state index is 0.0718. The average molecular weight is 429 g/mol. The highest BCUT2D eigenvalue weighted by atomic mass is 32.1. The highest BCUT2D eigenvalue weighted by Gasteiger charge is 2.15. The Kier molecular flexibility index (Phi) is 5.09. The van der Waals surface area contributed by atoms with Crippen LogP contribution in [0.25, 0.3) is 15.9 Å². The van der Waals surface area contributed by atoms with Gasteiger partial charge in [-0.15, -0.1) is 11.3 Å². The molecule has 0 saturated heterocycles. The van der Waals surface area contributed by atoms with Gasteiger partial charge in [-0.25, -0.2) is 9.97 Å². The fourth-order valence-electron chi connectivity index (χ4n) is 3.42. The molecule has 0 unspecified atom stereocenters. The lowest BCUT2D eigenvalue weighted by molar-refractivity contribution is 0.0784. The molecule has 3 heterocycles. The van der Waals surface area contributed by atoms with Gasteiger partial charge >= 0.3 is 0 Å². The van der Waals surface area contributed by atoms with E-state index in [2.05, 4.69) is 9.97 Å². The zero-order valence-electron chi connectivity index (χ0n) is 16.9. The molecule has 2 aromatic carbocycles. The fraction of sp³-hybridized carbons (Fsp3) is 0.125. The Bertz CT molecular complexity index is 1310. The van der Waals surface area contributed by atoms with E-state index in [1.165, 1.54) is 0 Å². The molecule has 5 rings (SSSR count). The first-order valence-electron chi connectivity index (χ1n) is 9.91. The summed E-state index contributed by atoms with van der Waals surface area (Å²) in [5, 5.41) is 0.913. The van der Waals surface area contributed by atoms with Gasteiger partial charge in [0.25, 0.3) is 5.91 Å². The zero-order valence-corrected chi connectivity index (χ0v) is 17.7. The minimum atomic E-state index is -0.0718. The molecule has 154 valence electrons. The van der Waals surface area contributed by atoms with Gasteiger partial charge in [0.1, 0.15) is 23.0 Å². The number of fused-ring (bicyclic) bond motifs is 2. The van der Waals surface area contributed by atoms with Crippen molar-refractivity contribution in [2.45, 2.75) is 13.2 Å². The number of aromatic nitrogens is 3. The van der Waals surface area contributed by atoms with Crippen LogP contribution in [0.5, 0.6) is 5.75 Å². The molecule has 5 aromatic rings. The second-order valence-electron chi connectivity index (χ2n) is 7.25. The van der Waals surface area contributed by atoms with Crippen LogP contribution in [0.4, 0.5) is 0 Å². The van der Waals surface area contributed by atoms with Gasteiger partial charge in [-0.2, -0.15) is 0 Å². The standard InChI is InChI=1S/C24H20N4O2S/c1-27(15-23-26-20-9-2-3-10-21(20)31-23)24(29)17-7-6-8-19(13-17)30-16-18-14-28-12-5-4-11-22(28)25-18/h2-14H,15-16H2,1H3. The molecule has 0 spiro atoms. The number of amides is 1. The number of carbonyl (C=O) groups is 1. The normalized spacial score (nSPS) is 11.1. The highest BCUT2D eigenvalue weighted by Crippen LogP contribution is 2.23. The number of thiazole rings is 1. The Hall–Kier alpha value is -3.71. The Morgan fingerprint density at radius 2 is 1.94 bits per heavy atom. The van der Waals surface area contributed by atoms with Gasteiger partial charge in [-0.1, -0.05) is 24.3 Å². The van der Waals surface area contributed by atoms with Crippen LogP contribution in [0, 0.1) is 0 Å². The molecule has 7 heteroatoms. The number of carbonyl (C=O) groups excluding carboxylic acids is 1. The molecule has 0 aliphatic heterocycles. The summed E-state index contributed by atoms with van der Waals surface area (Å²) >= 11 is 1.61. The number of hydrogen-bond donors (Lipinski definition) is 0. The third-order valence-electron chi connectivity index (χ3n) is 4.94. The molecule has 0 bridgehead atoms. The quantitative estimate of drug-likeness (QED) is 0.390. The van der Waals surface area contributed by atoms with Gasteiger partial charge in [-0.3, -0.25) is 4.79 Å². The molecule has 0 N–H and O–H groups in total.